The number of carbonyl (C=O) groups excluding carboxylic acids is 1. The maximum atomic E-state index is 11.3. The highest BCUT2D eigenvalue weighted by Gasteiger charge is 2.18. The first-order valence-corrected chi connectivity index (χ1v) is 6.16. The molecule has 18 heavy (non-hydrogen) atoms. The number of carboxylic acids is 1. The second kappa shape index (κ2) is 8.51. The van der Waals surface area contributed by atoms with E-state index in [4.69, 9.17) is 15.1 Å². The number of rotatable bonds is 9. The molecule has 0 heterocycles. The van der Waals surface area contributed by atoms with E-state index in [1.165, 1.54) is 0 Å². The normalized spacial score (nSPS) is 10.7. The molecule has 0 aliphatic heterocycles. The number of aliphatic carboxylic acids is 1. The van der Waals surface area contributed by atoms with Gasteiger partial charge in [-0.1, -0.05) is 12.8 Å². The average Bonchev–Trinajstić information content (AvgIpc) is 2.31. The zero-order chi connectivity index (χ0) is 14.0. The van der Waals surface area contributed by atoms with Gasteiger partial charge in [-0.15, -0.1) is 0 Å². The van der Waals surface area contributed by atoms with E-state index in [1.807, 2.05) is 0 Å². The Labute approximate surface area is 108 Å². The molecule has 0 atom stereocenters. The molecular formula is C13H21NO4. The molecule has 1 N–H and O–H groups in total. The van der Waals surface area contributed by atoms with Gasteiger partial charge in [0.05, 0.1) is 11.5 Å². The molecular weight excluding hydrogens is 234 g/mol. The molecule has 0 bridgehead atoms. The van der Waals surface area contributed by atoms with Crippen LogP contribution in [0.2, 0.25) is 0 Å². The fraction of sp³-hybridized carbons (Fsp3) is 0.769. The Morgan fingerprint density at radius 1 is 1.17 bits per heavy atom. The molecule has 0 unspecified atom stereocenters. The molecule has 0 saturated carbocycles. The number of carbonyl (C=O) groups is 2. The highest BCUT2D eigenvalue weighted by molar-refractivity contribution is 5.69. The summed E-state index contributed by atoms with van der Waals surface area (Å²) in [6, 6.07) is 2.06. The Hall–Kier alpha value is -1.57. The SMILES string of the molecule is CC(C)(C#N)COC(=O)CCCCCCC(=O)O. The summed E-state index contributed by atoms with van der Waals surface area (Å²) in [7, 11) is 0. The number of nitrogens with zero attached hydrogens (tertiary/aromatic N) is 1. The fourth-order valence-electron chi connectivity index (χ4n) is 1.26. The van der Waals surface area contributed by atoms with Gasteiger partial charge in [0, 0.05) is 12.8 Å². The van der Waals surface area contributed by atoms with Gasteiger partial charge in [-0.2, -0.15) is 5.26 Å². The molecule has 102 valence electrons. The first-order valence-electron chi connectivity index (χ1n) is 6.16. The van der Waals surface area contributed by atoms with Crippen molar-refractivity contribution in [2.24, 2.45) is 5.41 Å². The topological polar surface area (TPSA) is 87.4 Å². The second-order valence-electron chi connectivity index (χ2n) is 4.96. The van der Waals surface area contributed by atoms with Crippen molar-refractivity contribution in [3.63, 3.8) is 0 Å². The smallest absolute Gasteiger partial charge is 0.305 e. The third kappa shape index (κ3) is 9.64. The van der Waals surface area contributed by atoms with Crippen molar-refractivity contribution in [2.75, 3.05) is 6.61 Å². The standard InChI is InChI=1S/C13H21NO4/c1-13(2,9-14)10-18-12(17)8-6-4-3-5-7-11(15)16/h3-8,10H2,1-2H3,(H,15,16). The highest BCUT2D eigenvalue weighted by Crippen LogP contribution is 2.14. The number of nitriles is 1. The van der Waals surface area contributed by atoms with Crippen LogP contribution in [0.4, 0.5) is 0 Å². The van der Waals surface area contributed by atoms with Crippen molar-refractivity contribution in [3.05, 3.63) is 0 Å². The molecule has 5 heteroatoms. The first-order chi connectivity index (χ1) is 8.37. The van der Waals surface area contributed by atoms with E-state index in [9.17, 15) is 9.59 Å². The minimum atomic E-state index is -0.784. The van der Waals surface area contributed by atoms with Crippen LogP contribution in [0.15, 0.2) is 0 Å². The highest BCUT2D eigenvalue weighted by atomic mass is 16.5. The van der Waals surface area contributed by atoms with Crippen molar-refractivity contribution >= 4 is 11.9 Å². The molecule has 0 aromatic carbocycles. The average molecular weight is 255 g/mol. The van der Waals surface area contributed by atoms with Gasteiger partial charge < -0.3 is 9.84 Å². The Balaban J connectivity index is 3.49. The molecule has 0 aliphatic rings. The largest absolute Gasteiger partial charge is 0.481 e. The Morgan fingerprint density at radius 2 is 1.72 bits per heavy atom. The summed E-state index contributed by atoms with van der Waals surface area (Å²) in [5.41, 5.74) is -0.642. The molecule has 0 aliphatic carbocycles. The van der Waals surface area contributed by atoms with Crippen molar-refractivity contribution in [1.29, 1.82) is 5.26 Å². The summed E-state index contributed by atoms with van der Waals surface area (Å²) in [4.78, 5) is 21.6. The lowest BCUT2D eigenvalue weighted by Gasteiger charge is -2.14. The summed E-state index contributed by atoms with van der Waals surface area (Å²) in [5.74, 6) is -1.08. The number of carboxylic acid groups (broad SMARTS) is 1. The molecule has 0 radical (unpaired) electrons. The molecule has 0 amide bonds. The molecule has 0 aromatic heterocycles. The summed E-state index contributed by atoms with van der Waals surface area (Å²) in [6.45, 7) is 3.54. The van der Waals surface area contributed by atoms with Crippen molar-refractivity contribution in [3.8, 4) is 6.07 Å². The van der Waals surface area contributed by atoms with Crippen LogP contribution in [-0.2, 0) is 14.3 Å². The van der Waals surface area contributed by atoms with Crippen LogP contribution < -0.4 is 0 Å². The number of esters is 1. The van der Waals surface area contributed by atoms with E-state index in [0.717, 1.165) is 12.8 Å². The van der Waals surface area contributed by atoms with E-state index >= 15 is 0 Å². The van der Waals surface area contributed by atoms with Crippen LogP contribution in [0.5, 0.6) is 0 Å². The summed E-state index contributed by atoms with van der Waals surface area (Å²) >= 11 is 0. The van der Waals surface area contributed by atoms with E-state index in [1.54, 1.807) is 13.8 Å². The van der Waals surface area contributed by atoms with Crippen LogP contribution >= 0.6 is 0 Å². The molecule has 0 spiro atoms. The van der Waals surface area contributed by atoms with Gasteiger partial charge in [0.25, 0.3) is 0 Å². The number of hydrogen-bond donors (Lipinski definition) is 1. The predicted molar refractivity (Wildman–Crippen MR) is 65.7 cm³/mol. The fourth-order valence-corrected chi connectivity index (χ4v) is 1.26. The third-order valence-electron chi connectivity index (χ3n) is 2.42. The molecule has 0 saturated heterocycles. The van der Waals surface area contributed by atoms with E-state index in [-0.39, 0.29) is 19.0 Å². The maximum absolute atomic E-state index is 11.3. The van der Waals surface area contributed by atoms with Crippen molar-refractivity contribution in [2.45, 2.75) is 52.4 Å². The molecule has 0 fully saturated rings. The summed E-state index contributed by atoms with van der Waals surface area (Å²) in [6.07, 6.45) is 3.49. The second-order valence-corrected chi connectivity index (χ2v) is 4.96. The number of unbranched alkanes of at least 4 members (excludes halogenated alkanes) is 3. The van der Waals surface area contributed by atoms with Gasteiger partial charge in [-0.05, 0) is 26.7 Å². The Morgan fingerprint density at radius 3 is 2.22 bits per heavy atom. The molecule has 5 nitrogen and oxygen atoms in total. The van der Waals surface area contributed by atoms with Crippen molar-refractivity contribution in [1.82, 2.24) is 0 Å². The van der Waals surface area contributed by atoms with Crippen LogP contribution in [-0.4, -0.2) is 23.7 Å². The number of ether oxygens (including phenoxy) is 1. The van der Waals surface area contributed by atoms with Crippen molar-refractivity contribution < 1.29 is 19.4 Å². The van der Waals surface area contributed by atoms with Gasteiger partial charge in [0.1, 0.15) is 6.61 Å². The summed E-state index contributed by atoms with van der Waals surface area (Å²) < 4.78 is 4.99. The molecule has 0 rings (SSSR count). The zero-order valence-electron chi connectivity index (χ0n) is 11.1. The Bertz CT molecular complexity index is 317. The van der Waals surface area contributed by atoms with Gasteiger partial charge in [0.2, 0.25) is 0 Å². The van der Waals surface area contributed by atoms with Gasteiger partial charge in [-0.3, -0.25) is 9.59 Å². The minimum absolute atomic E-state index is 0.112. The van der Waals surface area contributed by atoms with Crippen LogP contribution in [0, 0.1) is 16.7 Å². The first kappa shape index (κ1) is 16.4. The van der Waals surface area contributed by atoms with Gasteiger partial charge in [-0.25, -0.2) is 0 Å². The van der Waals surface area contributed by atoms with Gasteiger partial charge in [0.15, 0.2) is 0 Å². The van der Waals surface area contributed by atoms with Crippen LogP contribution in [0.25, 0.3) is 0 Å². The minimum Gasteiger partial charge on any atom is -0.481 e. The lowest BCUT2D eigenvalue weighted by Crippen LogP contribution is -2.19. The molecule has 0 aromatic rings. The van der Waals surface area contributed by atoms with Crippen LogP contribution in [0.1, 0.15) is 52.4 Å². The van der Waals surface area contributed by atoms with Gasteiger partial charge >= 0.3 is 11.9 Å². The lowest BCUT2D eigenvalue weighted by atomic mass is 9.98. The number of hydrogen-bond acceptors (Lipinski definition) is 4. The van der Waals surface area contributed by atoms with E-state index < -0.39 is 11.4 Å². The Kier molecular flexibility index (Phi) is 7.77. The third-order valence-corrected chi connectivity index (χ3v) is 2.42. The van der Waals surface area contributed by atoms with E-state index in [2.05, 4.69) is 6.07 Å². The summed E-state index contributed by atoms with van der Waals surface area (Å²) in [5, 5.41) is 17.2. The maximum Gasteiger partial charge on any atom is 0.305 e. The lowest BCUT2D eigenvalue weighted by molar-refractivity contribution is -0.146. The van der Waals surface area contributed by atoms with E-state index in [0.29, 0.717) is 19.3 Å². The quantitative estimate of drug-likeness (QED) is 0.505. The zero-order valence-corrected chi connectivity index (χ0v) is 11.1. The monoisotopic (exact) mass is 255 g/mol. The predicted octanol–water partition coefficient (Wildman–Crippen LogP) is 2.50. The van der Waals surface area contributed by atoms with Crippen LogP contribution in [0.3, 0.4) is 0 Å².